The third-order valence-corrected chi connectivity index (χ3v) is 6.86. The highest BCUT2D eigenvalue weighted by atomic mass is 32.3. The lowest BCUT2D eigenvalue weighted by Crippen LogP contribution is -2.42. The molecule has 10 heteroatoms. The Labute approximate surface area is 192 Å². The summed E-state index contributed by atoms with van der Waals surface area (Å²) in [6, 6.07) is 14.9. The van der Waals surface area contributed by atoms with Gasteiger partial charge >= 0.3 is 0 Å². The lowest BCUT2D eigenvalue weighted by Gasteiger charge is -2.34. The van der Waals surface area contributed by atoms with Gasteiger partial charge in [-0.1, -0.05) is 30.3 Å². The minimum Gasteiger partial charge on any atom is -0.492 e. The van der Waals surface area contributed by atoms with Gasteiger partial charge < -0.3 is 15.4 Å². The molecule has 3 aromatic rings. The number of aromatic nitrogens is 1. The summed E-state index contributed by atoms with van der Waals surface area (Å²) in [5.41, 5.74) is 7.41. The Morgan fingerprint density at radius 2 is 2.06 bits per heavy atom. The molecule has 0 aliphatic carbocycles. The number of nitrogens with zero attached hydrogens (tertiary/aromatic N) is 3. The third kappa shape index (κ3) is 4.32. The maximum Gasteiger partial charge on any atom is 0.273 e. The molecule has 172 valence electrons. The Morgan fingerprint density at radius 1 is 1.21 bits per heavy atom. The Kier molecular flexibility index (Phi) is 5.57. The van der Waals surface area contributed by atoms with Gasteiger partial charge in [0.05, 0.1) is 17.9 Å². The van der Waals surface area contributed by atoms with Crippen LogP contribution in [0.1, 0.15) is 28.9 Å². The van der Waals surface area contributed by atoms with Crippen molar-refractivity contribution in [2.45, 2.75) is 12.8 Å². The molecule has 0 unspecified atom stereocenters. The molecule has 2 aliphatic heterocycles. The van der Waals surface area contributed by atoms with Crippen molar-refractivity contribution < 1.29 is 18.6 Å². The second-order valence-corrected chi connectivity index (χ2v) is 9.65. The van der Waals surface area contributed by atoms with Gasteiger partial charge in [0.1, 0.15) is 11.4 Å². The number of benzene rings is 2. The van der Waals surface area contributed by atoms with Gasteiger partial charge in [0, 0.05) is 30.6 Å². The zero-order valence-corrected chi connectivity index (χ0v) is 18.7. The fourth-order valence-electron chi connectivity index (χ4n) is 4.39. The van der Waals surface area contributed by atoms with E-state index in [2.05, 4.69) is 14.1 Å². The van der Waals surface area contributed by atoms with E-state index in [9.17, 15) is 13.9 Å². The van der Waals surface area contributed by atoms with Crippen LogP contribution in [-0.2, 0) is 0 Å². The number of piperidine rings is 1. The first-order valence-corrected chi connectivity index (χ1v) is 12.2. The number of hydrogen-bond acceptors (Lipinski definition) is 8. The number of rotatable bonds is 4. The summed E-state index contributed by atoms with van der Waals surface area (Å²) >= 11 is 0. The van der Waals surface area contributed by atoms with Crippen molar-refractivity contribution in [2.75, 3.05) is 24.4 Å². The SMILES string of the molecule is NC1=NS(O)(O)Nc2cccc(OC[C@H]3CCCN(C(=O)c4nccc5ccccc45)C3)c21. The standard InChI is InChI=1S/C23H25N5O4S/c24-22-20-18(26-33(30,31)27-22)8-3-9-19(20)32-14-15-5-4-12-28(13-15)23(29)21-17-7-2-1-6-16(17)10-11-25-21/h1-3,6-11,15,26,30-31H,4-5,12-14H2,(H2,24,27)/t15-/m0/s1. The van der Waals surface area contributed by atoms with Gasteiger partial charge in [0.25, 0.3) is 5.91 Å². The van der Waals surface area contributed by atoms with E-state index in [1.807, 2.05) is 35.2 Å². The van der Waals surface area contributed by atoms with Crippen LogP contribution in [0.5, 0.6) is 5.75 Å². The van der Waals surface area contributed by atoms with Crippen LogP contribution in [0.3, 0.4) is 0 Å². The van der Waals surface area contributed by atoms with E-state index in [4.69, 9.17) is 10.5 Å². The zero-order valence-electron chi connectivity index (χ0n) is 17.8. The number of amides is 1. The molecule has 0 bridgehead atoms. The van der Waals surface area contributed by atoms with E-state index in [0.717, 1.165) is 23.6 Å². The number of likely N-dealkylation sites (tertiary alicyclic amines) is 1. The highest BCUT2D eigenvalue weighted by Crippen LogP contribution is 2.46. The molecule has 3 heterocycles. The predicted molar refractivity (Wildman–Crippen MR) is 130 cm³/mol. The van der Waals surface area contributed by atoms with Crippen LogP contribution in [0.15, 0.2) is 59.1 Å². The van der Waals surface area contributed by atoms with Gasteiger partial charge in [0.15, 0.2) is 5.84 Å². The van der Waals surface area contributed by atoms with Crippen LogP contribution < -0.4 is 15.2 Å². The predicted octanol–water partition coefficient (Wildman–Crippen LogP) is 3.88. The number of ether oxygens (including phenoxy) is 1. The molecular weight excluding hydrogens is 442 g/mol. The molecule has 1 fully saturated rings. The van der Waals surface area contributed by atoms with Gasteiger partial charge in [-0.2, -0.15) is 0 Å². The normalized spacial score (nSPS) is 20.4. The number of nitrogens with one attached hydrogen (secondary N) is 1. The lowest BCUT2D eigenvalue weighted by atomic mass is 9.98. The molecule has 0 spiro atoms. The van der Waals surface area contributed by atoms with Gasteiger partial charge in [-0.3, -0.25) is 23.6 Å². The van der Waals surface area contributed by atoms with E-state index in [0.29, 0.717) is 42.4 Å². The van der Waals surface area contributed by atoms with E-state index >= 15 is 0 Å². The molecular formula is C23H25N5O4S. The molecule has 0 radical (unpaired) electrons. The van der Waals surface area contributed by atoms with E-state index < -0.39 is 11.0 Å². The molecule has 9 nitrogen and oxygen atoms in total. The lowest BCUT2D eigenvalue weighted by molar-refractivity contribution is 0.0629. The second-order valence-electron chi connectivity index (χ2n) is 8.23. The minimum absolute atomic E-state index is 0.0156. The maximum atomic E-state index is 13.3. The van der Waals surface area contributed by atoms with Crippen molar-refractivity contribution in [2.24, 2.45) is 16.0 Å². The second kappa shape index (κ2) is 8.54. The largest absolute Gasteiger partial charge is 0.492 e. The average Bonchev–Trinajstić information content (AvgIpc) is 2.81. The summed E-state index contributed by atoms with van der Waals surface area (Å²) in [5.74, 6) is 0.597. The van der Waals surface area contributed by atoms with Crippen LogP contribution in [0.25, 0.3) is 10.8 Å². The maximum absolute atomic E-state index is 13.3. The third-order valence-electron chi connectivity index (χ3n) is 5.91. The number of nitrogens with two attached hydrogens (primary N) is 1. The number of carbonyl (C=O) groups is 1. The van der Waals surface area contributed by atoms with Crippen molar-refractivity contribution in [1.29, 1.82) is 0 Å². The molecule has 2 aromatic carbocycles. The quantitative estimate of drug-likeness (QED) is 0.458. The van der Waals surface area contributed by atoms with Crippen molar-refractivity contribution >= 4 is 39.2 Å². The van der Waals surface area contributed by atoms with E-state index in [1.165, 1.54) is 0 Å². The van der Waals surface area contributed by atoms with Gasteiger partial charge in [-0.15, -0.1) is 4.40 Å². The number of carbonyl (C=O) groups excluding carboxylic acids is 1. The van der Waals surface area contributed by atoms with Gasteiger partial charge in [-0.25, -0.2) is 0 Å². The number of anilines is 1. The molecule has 1 amide bonds. The first kappa shape index (κ1) is 21.5. The monoisotopic (exact) mass is 467 g/mol. The summed E-state index contributed by atoms with van der Waals surface area (Å²) < 4.78 is 32.1. The van der Waals surface area contributed by atoms with Gasteiger partial charge in [-0.05, 0) is 47.4 Å². The van der Waals surface area contributed by atoms with Crippen molar-refractivity contribution in [1.82, 2.24) is 9.88 Å². The average molecular weight is 468 g/mol. The fourth-order valence-corrected chi connectivity index (χ4v) is 5.26. The molecule has 1 atom stereocenters. The first-order chi connectivity index (χ1) is 15.9. The summed E-state index contributed by atoms with van der Waals surface area (Å²) in [7, 11) is -3.35. The smallest absolute Gasteiger partial charge is 0.273 e. The van der Waals surface area contributed by atoms with Crippen LogP contribution in [0, 0.1) is 5.92 Å². The van der Waals surface area contributed by atoms with Crippen LogP contribution in [0.2, 0.25) is 0 Å². The topological polar surface area (TPSA) is 133 Å². The summed E-state index contributed by atoms with van der Waals surface area (Å²) in [6.07, 6.45) is 3.49. The highest BCUT2D eigenvalue weighted by Gasteiger charge is 2.28. The Bertz CT molecular complexity index is 1240. The highest BCUT2D eigenvalue weighted by molar-refractivity contribution is 8.24. The van der Waals surface area contributed by atoms with Crippen molar-refractivity contribution in [3.63, 3.8) is 0 Å². The molecule has 1 aromatic heterocycles. The van der Waals surface area contributed by atoms with Crippen molar-refractivity contribution in [3.8, 4) is 5.75 Å². The first-order valence-electron chi connectivity index (χ1n) is 10.7. The number of fused-ring (bicyclic) bond motifs is 2. The zero-order chi connectivity index (χ0) is 23.0. The Balaban J connectivity index is 1.30. The van der Waals surface area contributed by atoms with Crippen molar-refractivity contribution in [3.05, 3.63) is 66.0 Å². The summed E-state index contributed by atoms with van der Waals surface area (Å²) in [6.45, 7) is 1.65. The number of amidine groups is 1. The number of hydrogen-bond donors (Lipinski definition) is 4. The molecule has 0 saturated carbocycles. The fraction of sp³-hybridized carbons (Fsp3) is 0.261. The Hall–Kier alpha value is -3.34. The van der Waals surface area contributed by atoms with E-state index in [1.54, 1.807) is 24.4 Å². The molecule has 2 aliphatic rings. The van der Waals surface area contributed by atoms with Gasteiger partial charge in [0.2, 0.25) is 0 Å². The van der Waals surface area contributed by atoms with Crippen LogP contribution in [-0.4, -0.2) is 50.4 Å². The minimum atomic E-state index is -3.35. The number of pyridine rings is 1. The van der Waals surface area contributed by atoms with E-state index in [-0.39, 0.29) is 17.7 Å². The molecule has 33 heavy (non-hydrogen) atoms. The van der Waals surface area contributed by atoms with Crippen LogP contribution in [0.4, 0.5) is 5.69 Å². The molecule has 5 rings (SSSR count). The van der Waals surface area contributed by atoms with Crippen LogP contribution >= 0.6 is 11.0 Å². The Morgan fingerprint density at radius 3 is 2.94 bits per heavy atom. The molecule has 1 saturated heterocycles. The molecule has 5 N–H and O–H groups in total. The summed E-state index contributed by atoms with van der Waals surface area (Å²) in [4.78, 5) is 19.5. The summed E-state index contributed by atoms with van der Waals surface area (Å²) in [5, 5.41) is 1.85.